The summed E-state index contributed by atoms with van der Waals surface area (Å²) in [6.07, 6.45) is 20.5. The molecule has 3 heterocycles. The molecule has 6 nitrogen and oxygen atoms in total. The highest BCUT2D eigenvalue weighted by Gasteiger charge is 2.22. The van der Waals surface area contributed by atoms with Crippen molar-refractivity contribution in [3.63, 3.8) is 0 Å². The van der Waals surface area contributed by atoms with Gasteiger partial charge in [-0.25, -0.2) is 4.98 Å². The van der Waals surface area contributed by atoms with Crippen molar-refractivity contribution in [2.24, 2.45) is 0 Å². The molecule has 0 spiro atoms. The molecule has 0 saturated carbocycles. The summed E-state index contributed by atoms with van der Waals surface area (Å²) in [5.41, 5.74) is 12.9. The van der Waals surface area contributed by atoms with Crippen molar-refractivity contribution in [3.8, 4) is 28.2 Å². The standard InChI is InChI=1S/C55H64N6/c1-43(2)52-38-48(46-21-11-7-12-22-46)39-53(44(3)4)54(52)61-40-49(56-55(61)47-23-13-8-14-24-47)25-15-6-5-10-20-45-28-30-51(31-29-45)60-37-35-58(42-60)33-19-18-32-57-34-36-59(41-57)50-26-16-9-17-27-50/h7-9,11-14,16-17,21-24,26-31,34-40,43-44H,5-6,10,15,18-20,25,32-33,41-42H2,1-4H3. The van der Waals surface area contributed by atoms with Gasteiger partial charge in [-0.2, -0.15) is 0 Å². The van der Waals surface area contributed by atoms with E-state index in [9.17, 15) is 0 Å². The Balaban J connectivity index is 0.806. The summed E-state index contributed by atoms with van der Waals surface area (Å²) >= 11 is 0. The van der Waals surface area contributed by atoms with Gasteiger partial charge in [0.05, 0.1) is 24.7 Å². The minimum atomic E-state index is 0.362. The van der Waals surface area contributed by atoms with Crippen LogP contribution in [-0.2, 0) is 12.8 Å². The molecule has 1 aromatic heterocycles. The lowest BCUT2D eigenvalue weighted by Crippen LogP contribution is -2.27. The van der Waals surface area contributed by atoms with E-state index in [0.717, 1.165) is 57.1 Å². The molecule has 0 N–H and O–H groups in total. The van der Waals surface area contributed by atoms with E-state index in [-0.39, 0.29) is 0 Å². The van der Waals surface area contributed by atoms with Crippen LogP contribution in [0.2, 0.25) is 0 Å². The summed E-state index contributed by atoms with van der Waals surface area (Å²) in [6, 6.07) is 46.3. The van der Waals surface area contributed by atoms with Crippen LogP contribution in [0.1, 0.15) is 100 Å². The van der Waals surface area contributed by atoms with Gasteiger partial charge in [-0.1, -0.05) is 132 Å². The Hall–Kier alpha value is -6.01. The van der Waals surface area contributed by atoms with Crippen molar-refractivity contribution in [3.05, 3.63) is 181 Å². The van der Waals surface area contributed by atoms with Crippen LogP contribution in [0.3, 0.4) is 0 Å². The molecule has 2 aliphatic rings. The summed E-state index contributed by atoms with van der Waals surface area (Å²) in [5.74, 6) is 1.76. The molecule has 0 amide bonds. The number of imidazole rings is 1. The highest BCUT2D eigenvalue weighted by atomic mass is 15.3. The number of hydrogen-bond acceptors (Lipinski definition) is 5. The van der Waals surface area contributed by atoms with E-state index >= 15 is 0 Å². The Morgan fingerprint density at radius 2 is 1.00 bits per heavy atom. The molecule has 0 unspecified atom stereocenters. The number of aryl methyl sites for hydroxylation is 2. The molecular weight excluding hydrogens is 745 g/mol. The third-order valence-corrected chi connectivity index (χ3v) is 12.3. The first-order chi connectivity index (χ1) is 29.9. The molecule has 0 fully saturated rings. The number of aromatic nitrogens is 2. The predicted molar refractivity (Wildman–Crippen MR) is 257 cm³/mol. The second-order valence-corrected chi connectivity index (χ2v) is 17.5. The number of rotatable bonds is 19. The first-order valence-corrected chi connectivity index (χ1v) is 22.8. The van der Waals surface area contributed by atoms with E-state index < -0.39 is 0 Å². The lowest BCUT2D eigenvalue weighted by atomic mass is 9.88. The highest BCUT2D eigenvalue weighted by Crippen LogP contribution is 2.38. The van der Waals surface area contributed by atoms with Crippen LogP contribution in [-0.4, -0.2) is 45.8 Å². The molecule has 0 atom stereocenters. The summed E-state index contributed by atoms with van der Waals surface area (Å²) in [7, 11) is 0. The smallest absolute Gasteiger partial charge is 0.144 e. The molecule has 0 aliphatic carbocycles. The van der Waals surface area contributed by atoms with E-state index in [1.54, 1.807) is 0 Å². The van der Waals surface area contributed by atoms with E-state index in [1.807, 2.05) is 0 Å². The van der Waals surface area contributed by atoms with Crippen molar-refractivity contribution in [1.82, 2.24) is 19.4 Å². The van der Waals surface area contributed by atoms with Crippen LogP contribution in [0.25, 0.3) is 28.2 Å². The molecule has 5 aromatic carbocycles. The summed E-state index contributed by atoms with van der Waals surface area (Å²) in [4.78, 5) is 14.9. The zero-order chi connectivity index (χ0) is 42.0. The minimum Gasteiger partial charge on any atom is -0.358 e. The molecule has 0 saturated heterocycles. The summed E-state index contributed by atoms with van der Waals surface area (Å²) < 4.78 is 2.41. The number of anilines is 2. The maximum atomic E-state index is 5.34. The van der Waals surface area contributed by atoms with Crippen molar-refractivity contribution < 1.29 is 0 Å². The molecule has 8 rings (SSSR count). The summed E-state index contributed by atoms with van der Waals surface area (Å²) in [5, 5.41) is 0. The first-order valence-electron chi connectivity index (χ1n) is 22.8. The van der Waals surface area contributed by atoms with Gasteiger partial charge in [0.1, 0.15) is 5.82 Å². The average molecular weight is 809 g/mol. The largest absolute Gasteiger partial charge is 0.358 e. The summed E-state index contributed by atoms with van der Waals surface area (Å²) in [6.45, 7) is 13.3. The van der Waals surface area contributed by atoms with Gasteiger partial charge in [0, 0.05) is 61.0 Å². The fourth-order valence-corrected chi connectivity index (χ4v) is 8.79. The van der Waals surface area contributed by atoms with Crippen LogP contribution in [0, 0.1) is 0 Å². The molecule has 6 aromatic rings. The average Bonchev–Trinajstić information content (AvgIpc) is 4.08. The number of hydrogen-bond donors (Lipinski definition) is 0. The van der Waals surface area contributed by atoms with E-state index in [2.05, 4.69) is 210 Å². The fraction of sp³-hybridized carbons (Fsp3) is 0.327. The van der Waals surface area contributed by atoms with Crippen LogP contribution in [0.15, 0.2) is 158 Å². The van der Waals surface area contributed by atoms with Crippen molar-refractivity contribution in [2.45, 2.75) is 90.9 Å². The first kappa shape index (κ1) is 41.7. The third-order valence-electron chi connectivity index (χ3n) is 12.3. The van der Waals surface area contributed by atoms with Gasteiger partial charge < -0.3 is 19.6 Å². The van der Waals surface area contributed by atoms with Gasteiger partial charge in [-0.3, -0.25) is 4.57 Å². The lowest BCUT2D eigenvalue weighted by Gasteiger charge is -2.23. The van der Waals surface area contributed by atoms with E-state index in [4.69, 9.17) is 4.98 Å². The van der Waals surface area contributed by atoms with Crippen LogP contribution in [0.4, 0.5) is 11.4 Å². The Morgan fingerprint density at radius 1 is 0.492 bits per heavy atom. The van der Waals surface area contributed by atoms with Gasteiger partial charge in [0.15, 0.2) is 0 Å². The zero-order valence-corrected chi connectivity index (χ0v) is 36.8. The molecule has 6 heteroatoms. The number of para-hydroxylation sites is 1. The zero-order valence-electron chi connectivity index (χ0n) is 36.8. The second kappa shape index (κ2) is 20.0. The second-order valence-electron chi connectivity index (χ2n) is 17.5. The van der Waals surface area contributed by atoms with Crippen molar-refractivity contribution in [1.29, 1.82) is 0 Å². The van der Waals surface area contributed by atoms with Gasteiger partial charge >= 0.3 is 0 Å². The van der Waals surface area contributed by atoms with Gasteiger partial charge in [-0.05, 0) is 115 Å². The van der Waals surface area contributed by atoms with Crippen molar-refractivity contribution >= 4 is 11.4 Å². The maximum absolute atomic E-state index is 5.34. The number of benzene rings is 5. The normalized spacial score (nSPS) is 13.8. The molecule has 314 valence electrons. The molecule has 2 aliphatic heterocycles. The number of nitrogens with zero attached hydrogens (tertiary/aromatic N) is 6. The third kappa shape index (κ3) is 10.5. The number of unbranched alkanes of at least 4 members (excludes halogenated alkanes) is 4. The Morgan fingerprint density at radius 3 is 1.56 bits per heavy atom. The fourth-order valence-electron chi connectivity index (χ4n) is 8.79. The van der Waals surface area contributed by atoms with Crippen LogP contribution < -0.4 is 9.80 Å². The molecule has 0 bridgehead atoms. The molecule has 61 heavy (non-hydrogen) atoms. The Labute approximate surface area is 365 Å². The minimum absolute atomic E-state index is 0.362. The highest BCUT2D eigenvalue weighted by molar-refractivity contribution is 5.71. The Kier molecular flexibility index (Phi) is 13.7. The van der Waals surface area contributed by atoms with Crippen LogP contribution >= 0.6 is 0 Å². The quantitative estimate of drug-likeness (QED) is 0.0761. The molecular formula is C55H64N6. The monoisotopic (exact) mass is 809 g/mol. The Bertz CT molecular complexity index is 2310. The van der Waals surface area contributed by atoms with E-state index in [1.165, 1.54) is 82.7 Å². The maximum Gasteiger partial charge on any atom is 0.144 e. The van der Waals surface area contributed by atoms with Crippen LogP contribution in [0.5, 0.6) is 0 Å². The van der Waals surface area contributed by atoms with Gasteiger partial charge in [0.2, 0.25) is 0 Å². The van der Waals surface area contributed by atoms with Gasteiger partial charge in [0.25, 0.3) is 0 Å². The van der Waals surface area contributed by atoms with Gasteiger partial charge in [-0.15, -0.1) is 0 Å². The van der Waals surface area contributed by atoms with Crippen molar-refractivity contribution in [2.75, 3.05) is 36.2 Å². The SMILES string of the molecule is CC(C)c1cc(-c2ccccc2)cc(C(C)C)c1-n1cc(CCCCCCc2ccc(N3C=CN(CCCCN4C=CN(c5ccccc5)C4)C3)cc2)nc1-c1ccccc1. The topological polar surface area (TPSA) is 30.8 Å². The lowest BCUT2D eigenvalue weighted by molar-refractivity contribution is 0.354. The predicted octanol–water partition coefficient (Wildman–Crippen LogP) is 13.4. The molecule has 0 radical (unpaired) electrons. The van der Waals surface area contributed by atoms with E-state index in [0.29, 0.717) is 11.8 Å².